The molecule has 0 amide bonds. The molecule has 1 fully saturated rings. The van der Waals surface area contributed by atoms with Gasteiger partial charge in [-0.05, 0) is 43.7 Å². The predicted molar refractivity (Wildman–Crippen MR) is 85.3 cm³/mol. The van der Waals surface area contributed by atoms with Gasteiger partial charge in [0.2, 0.25) is 0 Å². The van der Waals surface area contributed by atoms with Gasteiger partial charge in [0.05, 0.1) is 4.92 Å². The fourth-order valence-corrected chi connectivity index (χ4v) is 3.57. The lowest BCUT2D eigenvalue weighted by molar-refractivity contribution is -0.385. The summed E-state index contributed by atoms with van der Waals surface area (Å²) in [4.78, 5) is 10.8. The molecule has 21 heavy (non-hydrogen) atoms. The minimum Gasteiger partial charge on any atom is -0.330 e. The van der Waals surface area contributed by atoms with Crippen LogP contribution in [-0.4, -0.2) is 11.5 Å². The van der Waals surface area contributed by atoms with E-state index in [1.807, 2.05) is 13.0 Å². The summed E-state index contributed by atoms with van der Waals surface area (Å²) in [7, 11) is 0. The first-order valence-corrected chi connectivity index (χ1v) is 8.01. The minimum atomic E-state index is -0.286. The molecule has 116 valence electrons. The van der Waals surface area contributed by atoms with Crippen molar-refractivity contribution in [2.24, 2.45) is 11.1 Å². The first kappa shape index (κ1) is 16.0. The summed E-state index contributed by atoms with van der Waals surface area (Å²) in [5, 5.41) is 11.1. The molecule has 2 N–H and O–H groups in total. The third-order valence-corrected chi connectivity index (χ3v) is 5.03. The van der Waals surface area contributed by atoms with Crippen LogP contribution in [0.2, 0.25) is 0 Å². The predicted octanol–water partition coefficient (Wildman–Crippen LogP) is 4.14. The normalized spacial score (nSPS) is 18.8. The number of hydrogen-bond donors (Lipinski definition) is 1. The molecule has 0 atom stereocenters. The second-order valence-corrected chi connectivity index (χ2v) is 6.47. The topological polar surface area (TPSA) is 69.2 Å². The van der Waals surface area contributed by atoms with E-state index >= 15 is 0 Å². The van der Waals surface area contributed by atoms with Crippen molar-refractivity contribution in [3.05, 3.63) is 39.4 Å². The van der Waals surface area contributed by atoms with E-state index < -0.39 is 0 Å². The van der Waals surface area contributed by atoms with Crippen LogP contribution in [0.15, 0.2) is 18.2 Å². The molecule has 0 radical (unpaired) electrons. The van der Waals surface area contributed by atoms with Crippen molar-refractivity contribution in [2.45, 2.75) is 58.3 Å². The third-order valence-electron chi connectivity index (χ3n) is 5.03. The maximum atomic E-state index is 11.1. The number of nitrogens with two attached hydrogens (primary N) is 1. The molecule has 1 aromatic rings. The Labute approximate surface area is 126 Å². The van der Waals surface area contributed by atoms with E-state index in [0.717, 1.165) is 30.4 Å². The minimum absolute atomic E-state index is 0.125. The molecule has 0 heterocycles. The quantitative estimate of drug-likeness (QED) is 0.669. The second kappa shape index (κ2) is 7.03. The number of nitrogens with zero attached hydrogens (tertiary/aromatic N) is 1. The largest absolute Gasteiger partial charge is 0.330 e. The first-order chi connectivity index (χ1) is 10.1. The zero-order valence-corrected chi connectivity index (χ0v) is 12.9. The Balaban J connectivity index is 2.25. The van der Waals surface area contributed by atoms with E-state index in [0.29, 0.717) is 6.54 Å². The Bertz CT molecular complexity index is 492. The fraction of sp³-hybridized carbons (Fsp3) is 0.647. The maximum Gasteiger partial charge on any atom is 0.272 e. The van der Waals surface area contributed by atoms with Crippen molar-refractivity contribution in [3.8, 4) is 0 Å². The zero-order valence-electron chi connectivity index (χ0n) is 12.9. The number of rotatable bonds is 4. The summed E-state index contributed by atoms with van der Waals surface area (Å²) >= 11 is 0. The summed E-state index contributed by atoms with van der Waals surface area (Å²) in [6, 6.07) is 5.41. The van der Waals surface area contributed by atoms with Gasteiger partial charge >= 0.3 is 0 Å². The highest BCUT2D eigenvalue weighted by Gasteiger charge is 2.30. The summed E-state index contributed by atoms with van der Waals surface area (Å²) in [5.41, 5.74) is 8.37. The monoisotopic (exact) mass is 290 g/mol. The van der Waals surface area contributed by atoms with Gasteiger partial charge < -0.3 is 5.73 Å². The number of nitro benzene ring substituents is 1. The molecule has 4 heteroatoms. The van der Waals surface area contributed by atoms with Crippen LogP contribution in [0.25, 0.3) is 0 Å². The van der Waals surface area contributed by atoms with E-state index in [4.69, 9.17) is 5.73 Å². The molecule has 1 aliphatic rings. The van der Waals surface area contributed by atoms with Crippen LogP contribution in [0.1, 0.15) is 56.1 Å². The SMILES string of the molecule is Cc1c(CC2(CN)CCCCCCC2)cccc1[N+](=O)[O-]. The van der Waals surface area contributed by atoms with Gasteiger partial charge in [0.15, 0.2) is 0 Å². The van der Waals surface area contributed by atoms with Gasteiger partial charge in [0, 0.05) is 11.6 Å². The second-order valence-electron chi connectivity index (χ2n) is 6.47. The summed E-state index contributed by atoms with van der Waals surface area (Å²) in [6.45, 7) is 2.54. The van der Waals surface area contributed by atoms with Crippen molar-refractivity contribution in [3.63, 3.8) is 0 Å². The Morgan fingerprint density at radius 1 is 1.19 bits per heavy atom. The van der Waals surface area contributed by atoms with Crippen molar-refractivity contribution in [1.29, 1.82) is 0 Å². The van der Waals surface area contributed by atoms with Crippen LogP contribution in [0.5, 0.6) is 0 Å². The first-order valence-electron chi connectivity index (χ1n) is 8.01. The summed E-state index contributed by atoms with van der Waals surface area (Å²) in [5.74, 6) is 0. The summed E-state index contributed by atoms with van der Waals surface area (Å²) < 4.78 is 0. The molecule has 0 unspecified atom stereocenters. The number of hydrogen-bond acceptors (Lipinski definition) is 3. The van der Waals surface area contributed by atoms with Crippen molar-refractivity contribution in [2.75, 3.05) is 6.54 Å². The molecule has 4 nitrogen and oxygen atoms in total. The Morgan fingerprint density at radius 3 is 2.38 bits per heavy atom. The Morgan fingerprint density at radius 2 is 1.81 bits per heavy atom. The van der Waals surface area contributed by atoms with E-state index in [1.54, 1.807) is 12.1 Å². The van der Waals surface area contributed by atoms with Crippen molar-refractivity contribution in [1.82, 2.24) is 0 Å². The molecular formula is C17H26N2O2. The standard InChI is InChI=1S/C17H26N2O2/c1-14-15(8-7-9-16(14)19(20)21)12-17(13-18)10-5-3-2-4-6-11-17/h7-9H,2-6,10-13,18H2,1H3. The van der Waals surface area contributed by atoms with Crippen molar-refractivity contribution >= 4 is 5.69 Å². The van der Waals surface area contributed by atoms with Crippen LogP contribution in [0, 0.1) is 22.5 Å². The van der Waals surface area contributed by atoms with Gasteiger partial charge in [-0.15, -0.1) is 0 Å². The van der Waals surface area contributed by atoms with Gasteiger partial charge in [-0.25, -0.2) is 0 Å². The van der Waals surface area contributed by atoms with Gasteiger partial charge in [-0.2, -0.15) is 0 Å². The highest BCUT2D eigenvalue weighted by molar-refractivity contribution is 5.44. The van der Waals surface area contributed by atoms with E-state index in [2.05, 4.69) is 0 Å². The van der Waals surface area contributed by atoms with Gasteiger partial charge in [-0.1, -0.05) is 44.2 Å². The molecule has 1 aromatic carbocycles. The molecule has 0 saturated heterocycles. The molecule has 0 aliphatic heterocycles. The van der Waals surface area contributed by atoms with E-state index in [1.165, 1.54) is 32.1 Å². The molecule has 2 rings (SSSR count). The number of benzene rings is 1. The molecule has 0 bridgehead atoms. The van der Waals surface area contributed by atoms with Crippen LogP contribution >= 0.6 is 0 Å². The van der Waals surface area contributed by atoms with E-state index in [-0.39, 0.29) is 16.0 Å². The smallest absolute Gasteiger partial charge is 0.272 e. The van der Waals surface area contributed by atoms with Crippen LogP contribution in [-0.2, 0) is 6.42 Å². The lowest BCUT2D eigenvalue weighted by Crippen LogP contribution is -2.34. The molecular weight excluding hydrogens is 264 g/mol. The average molecular weight is 290 g/mol. The maximum absolute atomic E-state index is 11.1. The van der Waals surface area contributed by atoms with Crippen LogP contribution in [0.4, 0.5) is 5.69 Å². The molecule has 0 spiro atoms. The zero-order chi connectivity index (χ0) is 15.3. The molecule has 1 aliphatic carbocycles. The lowest BCUT2D eigenvalue weighted by Gasteiger charge is -2.35. The highest BCUT2D eigenvalue weighted by atomic mass is 16.6. The van der Waals surface area contributed by atoms with Gasteiger partial charge in [-0.3, -0.25) is 10.1 Å². The van der Waals surface area contributed by atoms with Crippen LogP contribution in [0.3, 0.4) is 0 Å². The van der Waals surface area contributed by atoms with E-state index in [9.17, 15) is 10.1 Å². The van der Waals surface area contributed by atoms with Gasteiger partial charge in [0.25, 0.3) is 5.69 Å². The molecule has 0 aromatic heterocycles. The Kier molecular flexibility index (Phi) is 5.34. The third kappa shape index (κ3) is 3.82. The van der Waals surface area contributed by atoms with Crippen LogP contribution < -0.4 is 5.73 Å². The average Bonchev–Trinajstić information content (AvgIpc) is 2.44. The Hall–Kier alpha value is -1.42. The lowest BCUT2D eigenvalue weighted by atomic mass is 9.71. The molecule has 1 saturated carbocycles. The summed E-state index contributed by atoms with van der Waals surface area (Å²) in [6.07, 6.45) is 9.52. The fourth-order valence-electron chi connectivity index (χ4n) is 3.57. The van der Waals surface area contributed by atoms with Gasteiger partial charge in [0.1, 0.15) is 0 Å². The van der Waals surface area contributed by atoms with Crippen molar-refractivity contribution < 1.29 is 4.92 Å². The highest BCUT2D eigenvalue weighted by Crippen LogP contribution is 2.38. The number of nitro groups is 1.